The zero-order valence-electron chi connectivity index (χ0n) is 19.9. The predicted octanol–water partition coefficient (Wildman–Crippen LogP) is 4.69. The molecule has 2 aliphatic rings. The molecule has 5 rings (SSSR count). The SMILES string of the molecule is COc1cc(OC)c(OC)cc1C=C1Oc2c(ccc3c2CN(c2ccccc2OC)CO3)C1=O. The lowest BCUT2D eigenvalue weighted by atomic mass is 10.0. The third kappa shape index (κ3) is 3.86. The number of para-hydroxylation sites is 2. The fraction of sp³-hybridized carbons (Fsp3) is 0.222. The first-order valence-electron chi connectivity index (χ1n) is 11.0. The van der Waals surface area contributed by atoms with E-state index in [0.717, 1.165) is 17.0 Å². The van der Waals surface area contributed by atoms with E-state index in [0.29, 0.717) is 53.2 Å². The van der Waals surface area contributed by atoms with Crippen molar-refractivity contribution in [1.29, 1.82) is 0 Å². The minimum atomic E-state index is -0.214. The van der Waals surface area contributed by atoms with Gasteiger partial charge in [-0.25, -0.2) is 0 Å². The van der Waals surface area contributed by atoms with Gasteiger partial charge < -0.3 is 33.3 Å². The third-order valence-corrected chi connectivity index (χ3v) is 6.07. The molecule has 2 aliphatic heterocycles. The first-order valence-corrected chi connectivity index (χ1v) is 11.0. The summed E-state index contributed by atoms with van der Waals surface area (Å²) in [6, 6.07) is 14.7. The number of hydrogen-bond acceptors (Lipinski definition) is 8. The summed E-state index contributed by atoms with van der Waals surface area (Å²) >= 11 is 0. The van der Waals surface area contributed by atoms with Crippen molar-refractivity contribution >= 4 is 17.5 Å². The number of ketones is 1. The van der Waals surface area contributed by atoms with Gasteiger partial charge in [-0.05, 0) is 36.4 Å². The maximum Gasteiger partial charge on any atom is 0.231 e. The van der Waals surface area contributed by atoms with Crippen molar-refractivity contribution in [2.24, 2.45) is 0 Å². The molecule has 0 unspecified atom stereocenters. The lowest BCUT2D eigenvalue weighted by Crippen LogP contribution is -2.32. The summed E-state index contributed by atoms with van der Waals surface area (Å²) in [5.74, 6) is 3.46. The van der Waals surface area contributed by atoms with Crippen molar-refractivity contribution in [3.05, 3.63) is 71.0 Å². The van der Waals surface area contributed by atoms with Crippen LogP contribution in [0.15, 0.2) is 54.3 Å². The van der Waals surface area contributed by atoms with Gasteiger partial charge in [0.05, 0.1) is 51.8 Å². The molecule has 0 N–H and O–H groups in total. The van der Waals surface area contributed by atoms with Crippen molar-refractivity contribution in [3.63, 3.8) is 0 Å². The Morgan fingerprint density at radius 2 is 1.57 bits per heavy atom. The van der Waals surface area contributed by atoms with Crippen LogP contribution in [0.5, 0.6) is 34.5 Å². The second-order valence-electron chi connectivity index (χ2n) is 7.95. The zero-order valence-corrected chi connectivity index (χ0v) is 19.9. The number of rotatable bonds is 6. The molecule has 0 atom stereocenters. The predicted molar refractivity (Wildman–Crippen MR) is 130 cm³/mol. The number of anilines is 1. The number of benzene rings is 3. The van der Waals surface area contributed by atoms with Crippen LogP contribution in [0.2, 0.25) is 0 Å². The number of carbonyl (C=O) groups excluding carboxylic acids is 1. The van der Waals surface area contributed by atoms with Gasteiger partial charge in [0.15, 0.2) is 24.0 Å². The van der Waals surface area contributed by atoms with E-state index in [9.17, 15) is 4.79 Å². The van der Waals surface area contributed by atoms with E-state index in [4.69, 9.17) is 28.4 Å². The van der Waals surface area contributed by atoms with Crippen LogP contribution >= 0.6 is 0 Å². The fourth-order valence-corrected chi connectivity index (χ4v) is 4.31. The Hall–Kier alpha value is -4.33. The molecule has 180 valence electrons. The smallest absolute Gasteiger partial charge is 0.231 e. The highest BCUT2D eigenvalue weighted by molar-refractivity contribution is 6.15. The highest BCUT2D eigenvalue weighted by Crippen LogP contribution is 2.44. The van der Waals surface area contributed by atoms with Crippen molar-refractivity contribution in [3.8, 4) is 34.5 Å². The van der Waals surface area contributed by atoms with Gasteiger partial charge >= 0.3 is 0 Å². The molecule has 0 radical (unpaired) electrons. The second kappa shape index (κ2) is 9.13. The molecule has 0 aliphatic carbocycles. The van der Waals surface area contributed by atoms with Crippen molar-refractivity contribution < 1.29 is 33.2 Å². The third-order valence-electron chi connectivity index (χ3n) is 6.07. The summed E-state index contributed by atoms with van der Waals surface area (Å²) in [7, 11) is 6.29. The number of nitrogens with zero attached hydrogens (tertiary/aromatic N) is 1. The van der Waals surface area contributed by atoms with E-state index < -0.39 is 0 Å². The Morgan fingerprint density at radius 1 is 0.857 bits per heavy atom. The maximum absolute atomic E-state index is 13.3. The van der Waals surface area contributed by atoms with E-state index in [1.807, 2.05) is 35.2 Å². The van der Waals surface area contributed by atoms with Crippen LogP contribution in [0.1, 0.15) is 21.5 Å². The number of hydrogen-bond donors (Lipinski definition) is 0. The molecule has 0 spiro atoms. The van der Waals surface area contributed by atoms with Gasteiger partial charge in [-0.1, -0.05) is 12.1 Å². The molecule has 3 aromatic rings. The summed E-state index contributed by atoms with van der Waals surface area (Å²) < 4.78 is 33.9. The van der Waals surface area contributed by atoms with Gasteiger partial charge in [0.1, 0.15) is 23.0 Å². The number of ether oxygens (including phenoxy) is 6. The molecular formula is C27H25NO7. The molecule has 35 heavy (non-hydrogen) atoms. The Morgan fingerprint density at radius 3 is 2.31 bits per heavy atom. The second-order valence-corrected chi connectivity index (χ2v) is 7.95. The zero-order chi connectivity index (χ0) is 24.5. The molecule has 0 saturated heterocycles. The Bertz CT molecular complexity index is 1330. The van der Waals surface area contributed by atoms with Crippen molar-refractivity contribution in [2.45, 2.75) is 6.54 Å². The summed E-state index contributed by atoms with van der Waals surface area (Å²) in [6.45, 7) is 0.852. The minimum Gasteiger partial charge on any atom is -0.496 e. The monoisotopic (exact) mass is 475 g/mol. The highest BCUT2D eigenvalue weighted by Gasteiger charge is 2.34. The molecule has 0 saturated carbocycles. The van der Waals surface area contributed by atoms with Gasteiger partial charge in [0.25, 0.3) is 0 Å². The van der Waals surface area contributed by atoms with Crippen LogP contribution in [-0.2, 0) is 6.54 Å². The quantitative estimate of drug-likeness (QED) is 0.475. The van der Waals surface area contributed by atoms with Crippen LogP contribution in [-0.4, -0.2) is 41.0 Å². The Balaban J connectivity index is 1.51. The van der Waals surface area contributed by atoms with E-state index in [-0.39, 0.29) is 11.5 Å². The molecule has 8 nitrogen and oxygen atoms in total. The van der Waals surface area contributed by atoms with Gasteiger partial charge in [-0.15, -0.1) is 0 Å². The summed E-state index contributed by atoms with van der Waals surface area (Å²) in [4.78, 5) is 15.3. The average Bonchev–Trinajstić information content (AvgIpc) is 3.23. The highest BCUT2D eigenvalue weighted by atomic mass is 16.5. The van der Waals surface area contributed by atoms with Gasteiger partial charge in [0, 0.05) is 11.6 Å². The summed E-state index contributed by atoms with van der Waals surface area (Å²) in [5.41, 5.74) is 2.81. The molecule has 0 fully saturated rings. The minimum absolute atomic E-state index is 0.188. The summed E-state index contributed by atoms with van der Waals surface area (Å²) in [6.07, 6.45) is 1.65. The van der Waals surface area contributed by atoms with E-state index in [2.05, 4.69) is 0 Å². The number of allylic oxidation sites excluding steroid dienone is 1. The molecule has 0 amide bonds. The number of fused-ring (bicyclic) bond motifs is 3. The van der Waals surface area contributed by atoms with Crippen LogP contribution in [0.25, 0.3) is 6.08 Å². The normalized spacial score (nSPS) is 15.1. The Kier molecular flexibility index (Phi) is 5.86. The van der Waals surface area contributed by atoms with Gasteiger partial charge in [-0.3, -0.25) is 4.79 Å². The van der Waals surface area contributed by atoms with Crippen molar-refractivity contribution in [2.75, 3.05) is 40.1 Å². The van der Waals surface area contributed by atoms with E-state index in [1.54, 1.807) is 52.7 Å². The van der Waals surface area contributed by atoms with Crippen LogP contribution in [0.4, 0.5) is 5.69 Å². The van der Waals surface area contributed by atoms with E-state index >= 15 is 0 Å². The standard InChI is InChI=1S/C27H25NO7/c1-30-21-8-6-5-7-19(21)28-14-18-20(34-15-28)10-9-17-26(29)25(35-27(17)18)12-16-11-23(32-3)24(33-4)13-22(16)31-2/h5-13H,14-15H2,1-4H3. The molecule has 2 heterocycles. The van der Waals surface area contributed by atoms with Gasteiger partial charge in [-0.2, -0.15) is 0 Å². The first kappa shape index (κ1) is 22.5. The average molecular weight is 475 g/mol. The number of methoxy groups -OCH3 is 4. The molecule has 8 heteroatoms. The van der Waals surface area contributed by atoms with Gasteiger partial charge in [0.2, 0.25) is 5.78 Å². The van der Waals surface area contributed by atoms with Crippen LogP contribution < -0.4 is 33.3 Å². The van der Waals surface area contributed by atoms with Crippen LogP contribution in [0, 0.1) is 0 Å². The number of carbonyl (C=O) groups is 1. The fourth-order valence-electron chi connectivity index (χ4n) is 4.31. The molecule has 0 bridgehead atoms. The lowest BCUT2D eigenvalue weighted by Gasteiger charge is -2.32. The molecular weight excluding hydrogens is 450 g/mol. The van der Waals surface area contributed by atoms with E-state index in [1.165, 1.54) is 0 Å². The lowest BCUT2D eigenvalue weighted by molar-refractivity contribution is 0.101. The number of Topliss-reactive ketones (excluding diaryl/α,β-unsaturated/α-hetero) is 1. The Labute approximate surface area is 203 Å². The molecule has 3 aromatic carbocycles. The summed E-state index contributed by atoms with van der Waals surface area (Å²) in [5, 5.41) is 0. The first-order chi connectivity index (χ1) is 17.1. The van der Waals surface area contributed by atoms with Crippen molar-refractivity contribution in [1.82, 2.24) is 0 Å². The van der Waals surface area contributed by atoms with Crippen LogP contribution in [0.3, 0.4) is 0 Å². The molecule has 0 aromatic heterocycles. The topological polar surface area (TPSA) is 75.7 Å². The maximum atomic E-state index is 13.3. The largest absolute Gasteiger partial charge is 0.496 e.